The van der Waals surface area contributed by atoms with E-state index in [4.69, 9.17) is 0 Å². The number of nitrogens with zero attached hydrogens (tertiary/aromatic N) is 1. The van der Waals surface area contributed by atoms with Crippen molar-refractivity contribution in [2.75, 3.05) is 5.32 Å². The molecule has 0 radical (unpaired) electrons. The molecule has 0 atom stereocenters. The maximum Gasteiger partial charge on any atom is 0.251 e. The number of aromatic nitrogens is 2. The lowest BCUT2D eigenvalue weighted by Crippen LogP contribution is -2.22. The fraction of sp³-hybridized carbons (Fsp3) is 0.125. The first kappa shape index (κ1) is 20.3. The van der Waals surface area contributed by atoms with E-state index in [0.717, 1.165) is 33.7 Å². The zero-order valence-electron chi connectivity index (χ0n) is 16.9. The standard InChI is InChI=1S/C24H21FN4O2/c1-15(30)27-20-9-4-16(5-10-20)12-23-28-21-11-6-18(13-22(21)29-23)24(31)26-14-17-2-7-19(25)8-3-17/h2-11,13H,12,14H2,1H3,(H,26,31)(H,27,30)(H,28,29). The first-order valence-corrected chi connectivity index (χ1v) is 9.84. The maximum atomic E-state index is 13.0. The summed E-state index contributed by atoms with van der Waals surface area (Å²) < 4.78 is 13.0. The van der Waals surface area contributed by atoms with Crippen molar-refractivity contribution in [3.05, 3.63) is 95.1 Å². The fourth-order valence-electron chi connectivity index (χ4n) is 3.28. The van der Waals surface area contributed by atoms with Crippen molar-refractivity contribution in [1.82, 2.24) is 15.3 Å². The minimum Gasteiger partial charge on any atom is -0.348 e. The molecule has 0 aliphatic heterocycles. The SMILES string of the molecule is CC(=O)Nc1ccc(Cc2nc3ccc(C(=O)NCc4ccc(F)cc4)cc3[nH]2)cc1. The number of carbonyl (C=O) groups is 2. The zero-order chi connectivity index (χ0) is 21.8. The van der Waals surface area contributed by atoms with Gasteiger partial charge in [-0.2, -0.15) is 0 Å². The van der Waals surface area contributed by atoms with Crippen LogP contribution >= 0.6 is 0 Å². The number of anilines is 1. The van der Waals surface area contributed by atoms with Gasteiger partial charge < -0.3 is 15.6 Å². The molecule has 3 aromatic carbocycles. The van der Waals surface area contributed by atoms with Crippen LogP contribution in [0.2, 0.25) is 0 Å². The molecule has 0 saturated carbocycles. The largest absolute Gasteiger partial charge is 0.348 e. The Bertz CT molecular complexity index is 1230. The van der Waals surface area contributed by atoms with Crippen LogP contribution in [0.15, 0.2) is 66.7 Å². The Hall–Kier alpha value is -4.00. The molecule has 1 heterocycles. The van der Waals surface area contributed by atoms with E-state index in [0.29, 0.717) is 18.5 Å². The van der Waals surface area contributed by atoms with Gasteiger partial charge in [-0.3, -0.25) is 9.59 Å². The molecule has 0 aliphatic carbocycles. The van der Waals surface area contributed by atoms with Crippen LogP contribution in [0.3, 0.4) is 0 Å². The van der Waals surface area contributed by atoms with Gasteiger partial charge in [0.05, 0.1) is 11.0 Å². The van der Waals surface area contributed by atoms with E-state index in [1.54, 1.807) is 24.3 Å². The molecular weight excluding hydrogens is 395 g/mol. The van der Waals surface area contributed by atoms with Crippen molar-refractivity contribution in [3.8, 4) is 0 Å². The number of H-pyrrole nitrogens is 1. The average Bonchev–Trinajstić information content (AvgIpc) is 3.15. The van der Waals surface area contributed by atoms with Crippen LogP contribution in [-0.4, -0.2) is 21.8 Å². The van der Waals surface area contributed by atoms with Gasteiger partial charge in [0, 0.05) is 31.1 Å². The van der Waals surface area contributed by atoms with E-state index in [-0.39, 0.29) is 17.6 Å². The van der Waals surface area contributed by atoms with E-state index >= 15 is 0 Å². The Labute approximate surface area is 178 Å². The normalized spacial score (nSPS) is 10.8. The van der Waals surface area contributed by atoms with Crippen molar-refractivity contribution in [2.45, 2.75) is 19.9 Å². The number of benzene rings is 3. The van der Waals surface area contributed by atoms with E-state index in [1.165, 1.54) is 19.1 Å². The van der Waals surface area contributed by atoms with Gasteiger partial charge in [-0.15, -0.1) is 0 Å². The quantitative estimate of drug-likeness (QED) is 0.441. The minimum absolute atomic E-state index is 0.109. The second-order valence-corrected chi connectivity index (χ2v) is 7.28. The highest BCUT2D eigenvalue weighted by Gasteiger charge is 2.10. The Kier molecular flexibility index (Phi) is 5.75. The van der Waals surface area contributed by atoms with Crippen molar-refractivity contribution in [3.63, 3.8) is 0 Å². The topological polar surface area (TPSA) is 86.9 Å². The summed E-state index contributed by atoms with van der Waals surface area (Å²) in [6.07, 6.45) is 0.598. The van der Waals surface area contributed by atoms with Gasteiger partial charge in [0.15, 0.2) is 0 Å². The lowest BCUT2D eigenvalue weighted by atomic mass is 10.1. The predicted octanol–water partition coefficient (Wildman–Crippen LogP) is 4.18. The molecule has 1 aromatic heterocycles. The first-order valence-electron chi connectivity index (χ1n) is 9.84. The molecule has 0 bridgehead atoms. The molecule has 0 aliphatic rings. The third-order valence-electron chi connectivity index (χ3n) is 4.81. The molecule has 2 amide bonds. The summed E-state index contributed by atoms with van der Waals surface area (Å²) in [5.41, 5.74) is 4.69. The van der Waals surface area contributed by atoms with Gasteiger partial charge in [0.2, 0.25) is 5.91 Å². The second-order valence-electron chi connectivity index (χ2n) is 7.28. The van der Waals surface area contributed by atoms with E-state index in [2.05, 4.69) is 20.6 Å². The zero-order valence-corrected chi connectivity index (χ0v) is 16.9. The molecule has 0 fully saturated rings. The van der Waals surface area contributed by atoms with E-state index in [1.807, 2.05) is 30.3 Å². The van der Waals surface area contributed by atoms with Crippen LogP contribution in [-0.2, 0) is 17.8 Å². The highest BCUT2D eigenvalue weighted by Crippen LogP contribution is 2.17. The number of amides is 2. The molecule has 0 unspecified atom stereocenters. The van der Waals surface area contributed by atoms with Gasteiger partial charge in [0.1, 0.15) is 11.6 Å². The van der Waals surface area contributed by atoms with Crippen LogP contribution in [0.25, 0.3) is 11.0 Å². The number of hydrogen-bond donors (Lipinski definition) is 3. The third kappa shape index (κ3) is 5.14. The summed E-state index contributed by atoms with van der Waals surface area (Å²) in [5, 5.41) is 5.58. The number of aromatic amines is 1. The van der Waals surface area contributed by atoms with Crippen molar-refractivity contribution >= 4 is 28.5 Å². The number of halogens is 1. The molecule has 3 N–H and O–H groups in total. The summed E-state index contributed by atoms with van der Waals surface area (Å²) in [5.74, 6) is 0.156. The molecule has 0 saturated heterocycles. The van der Waals surface area contributed by atoms with Crippen LogP contribution in [0, 0.1) is 5.82 Å². The predicted molar refractivity (Wildman–Crippen MR) is 117 cm³/mol. The van der Waals surface area contributed by atoms with Crippen molar-refractivity contribution < 1.29 is 14.0 Å². The van der Waals surface area contributed by atoms with Gasteiger partial charge >= 0.3 is 0 Å². The summed E-state index contributed by atoms with van der Waals surface area (Å²) in [4.78, 5) is 31.5. The third-order valence-corrected chi connectivity index (χ3v) is 4.81. The van der Waals surface area contributed by atoms with Crippen molar-refractivity contribution in [1.29, 1.82) is 0 Å². The van der Waals surface area contributed by atoms with Crippen LogP contribution in [0.1, 0.15) is 34.2 Å². The number of fused-ring (bicyclic) bond motifs is 1. The molecule has 7 heteroatoms. The monoisotopic (exact) mass is 416 g/mol. The maximum absolute atomic E-state index is 13.0. The van der Waals surface area contributed by atoms with Crippen molar-refractivity contribution in [2.24, 2.45) is 0 Å². The Morgan fingerprint density at radius 2 is 1.68 bits per heavy atom. The van der Waals surface area contributed by atoms with Gasteiger partial charge in [-0.25, -0.2) is 9.37 Å². The molecule has 6 nitrogen and oxygen atoms in total. The summed E-state index contributed by atoms with van der Waals surface area (Å²) in [6, 6.07) is 18.9. The molecule has 4 aromatic rings. The lowest BCUT2D eigenvalue weighted by Gasteiger charge is -2.05. The van der Waals surface area contributed by atoms with Gasteiger partial charge in [0.25, 0.3) is 5.91 Å². The van der Waals surface area contributed by atoms with Crippen LogP contribution in [0.5, 0.6) is 0 Å². The minimum atomic E-state index is -0.306. The number of rotatable bonds is 6. The Morgan fingerprint density at radius 3 is 2.39 bits per heavy atom. The molecule has 4 rings (SSSR count). The summed E-state index contributed by atoms with van der Waals surface area (Å²) in [7, 11) is 0. The number of carbonyl (C=O) groups excluding carboxylic acids is 2. The van der Waals surface area contributed by atoms with Gasteiger partial charge in [-0.1, -0.05) is 24.3 Å². The highest BCUT2D eigenvalue weighted by molar-refractivity contribution is 5.97. The van der Waals surface area contributed by atoms with E-state index in [9.17, 15) is 14.0 Å². The van der Waals surface area contributed by atoms with Gasteiger partial charge in [-0.05, 0) is 53.6 Å². The molecule has 31 heavy (non-hydrogen) atoms. The molecular formula is C24H21FN4O2. The Morgan fingerprint density at radius 1 is 0.968 bits per heavy atom. The number of nitrogens with one attached hydrogen (secondary N) is 3. The number of hydrogen-bond acceptors (Lipinski definition) is 3. The smallest absolute Gasteiger partial charge is 0.251 e. The molecule has 0 spiro atoms. The van der Waals surface area contributed by atoms with Crippen LogP contribution < -0.4 is 10.6 Å². The summed E-state index contributed by atoms with van der Waals surface area (Å²) >= 11 is 0. The first-order chi connectivity index (χ1) is 15.0. The van der Waals surface area contributed by atoms with Crippen LogP contribution in [0.4, 0.5) is 10.1 Å². The summed E-state index contributed by atoms with van der Waals surface area (Å²) in [6.45, 7) is 1.79. The molecule has 156 valence electrons. The highest BCUT2D eigenvalue weighted by atomic mass is 19.1. The van der Waals surface area contributed by atoms with E-state index < -0.39 is 0 Å². The lowest BCUT2D eigenvalue weighted by molar-refractivity contribution is -0.114. The average molecular weight is 416 g/mol. The number of imidazole rings is 1. The Balaban J connectivity index is 1.43. The second kappa shape index (κ2) is 8.79. The fourth-order valence-corrected chi connectivity index (χ4v) is 3.28.